The fraction of sp³-hybridized carbons (Fsp3) is 0.286. The Morgan fingerprint density at radius 2 is 2.31 bits per heavy atom. The zero-order chi connectivity index (χ0) is 9.26. The normalized spacial score (nSPS) is 10.6. The van der Waals surface area contributed by atoms with Crippen LogP contribution < -0.4 is 4.74 Å². The third-order valence-electron chi connectivity index (χ3n) is 1.62. The zero-order valence-electron chi connectivity index (χ0n) is 7.24. The number of thioether (sulfide) groups is 1. The molecule has 0 spiro atoms. The predicted octanol–water partition coefficient (Wildman–Crippen LogP) is 1.08. The summed E-state index contributed by atoms with van der Waals surface area (Å²) in [4.78, 5) is 15.3. The van der Waals surface area contributed by atoms with Crippen molar-refractivity contribution in [3.8, 4) is 5.88 Å². The fourth-order valence-electron chi connectivity index (χ4n) is 1.04. The van der Waals surface area contributed by atoms with Crippen molar-refractivity contribution < 1.29 is 4.74 Å². The molecule has 2 aromatic heterocycles. The monoisotopic (exact) mass is 196 g/mol. The maximum Gasteiger partial charge on any atom is 0.243 e. The molecule has 5 nitrogen and oxygen atoms in total. The van der Waals surface area contributed by atoms with Crippen molar-refractivity contribution in [3.05, 3.63) is 6.33 Å². The van der Waals surface area contributed by atoms with Crippen LogP contribution in [-0.4, -0.2) is 33.3 Å². The highest BCUT2D eigenvalue weighted by Crippen LogP contribution is 2.21. The quantitative estimate of drug-likeness (QED) is 0.728. The van der Waals surface area contributed by atoms with Crippen LogP contribution in [0.5, 0.6) is 5.88 Å². The number of methoxy groups -OCH3 is 1. The van der Waals surface area contributed by atoms with Gasteiger partial charge in [-0.15, -0.1) is 0 Å². The first-order valence-electron chi connectivity index (χ1n) is 3.64. The van der Waals surface area contributed by atoms with E-state index in [2.05, 4.69) is 19.9 Å². The molecule has 0 aliphatic carbocycles. The molecule has 0 saturated heterocycles. The van der Waals surface area contributed by atoms with Crippen LogP contribution in [0.1, 0.15) is 0 Å². The summed E-state index contributed by atoms with van der Waals surface area (Å²) < 4.78 is 5.05. The van der Waals surface area contributed by atoms with E-state index in [0.717, 1.165) is 10.7 Å². The summed E-state index contributed by atoms with van der Waals surface area (Å²) in [6, 6.07) is 0. The van der Waals surface area contributed by atoms with E-state index in [1.54, 1.807) is 7.11 Å². The van der Waals surface area contributed by atoms with Gasteiger partial charge < -0.3 is 9.72 Å². The second-order valence-corrected chi connectivity index (χ2v) is 3.12. The number of imidazole rings is 1. The Kier molecular flexibility index (Phi) is 2.05. The minimum absolute atomic E-state index is 0.526. The maximum atomic E-state index is 5.05. The Morgan fingerprint density at radius 3 is 3.00 bits per heavy atom. The van der Waals surface area contributed by atoms with E-state index < -0.39 is 0 Å². The second-order valence-electron chi connectivity index (χ2n) is 2.33. The fourth-order valence-corrected chi connectivity index (χ4v) is 1.42. The van der Waals surface area contributed by atoms with Crippen LogP contribution in [0.3, 0.4) is 0 Å². The van der Waals surface area contributed by atoms with Crippen LogP contribution in [-0.2, 0) is 0 Å². The molecule has 2 aromatic rings. The summed E-state index contributed by atoms with van der Waals surface area (Å²) in [7, 11) is 1.57. The molecule has 0 aromatic carbocycles. The molecular formula is C7H8N4OS. The van der Waals surface area contributed by atoms with Crippen LogP contribution in [0.15, 0.2) is 11.5 Å². The number of H-pyrrole nitrogens is 1. The summed E-state index contributed by atoms with van der Waals surface area (Å²) in [6.07, 6.45) is 3.38. The average Bonchev–Trinajstić information content (AvgIpc) is 2.59. The number of aromatic amines is 1. The molecule has 0 bridgehead atoms. The predicted molar refractivity (Wildman–Crippen MR) is 50.0 cm³/mol. The van der Waals surface area contributed by atoms with E-state index >= 15 is 0 Å². The van der Waals surface area contributed by atoms with Gasteiger partial charge in [-0.05, 0) is 6.26 Å². The molecule has 0 atom stereocenters. The van der Waals surface area contributed by atoms with Gasteiger partial charge in [0.1, 0.15) is 11.8 Å². The van der Waals surface area contributed by atoms with E-state index in [1.807, 2.05) is 6.26 Å². The van der Waals surface area contributed by atoms with Crippen molar-refractivity contribution in [2.45, 2.75) is 5.16 Å². The minimum Gasteiger partial charge on any atom is -0.479 e. The number of hydrogen-bond donors (Lipinski definition) is 1. The Hall–Kier alpha value is -1.30. The van der Waals surface area contributed by atoms with Gasteiger partial charge in [-0.2, -0.15) is 4.98 Å². The number of hydrogen-bond acceptors (Lipinski definition) is 5. The molecule has 1 N–H and O–H groups in total. The van der Waals surface area contributed by atoms with Gasteiger partial charge in [-0.1, -0.05) is 11.8 Å². The molecule has 2 rings (SSSR count). The number of rotatable bonds is 2. The van der Waals surface area contributed by atoms with Crippen LogP contribution in [0.4, 0.5) is 0 Å². The van der Waals surface area contributed by atoms with Gasteiger partial charge in [0.2, 0.25) is 5.88 Å². The number of fused-ring (bicyclic) bond motifs is 1. The van der Waals surface area contributed by atoms with Gasteiger partial charge in [-0.3, -0.25) is 0 Å². The Balaban J connectivity index is 2.67. The van der Waals surface area contributed by atoms with Gasteiger partial charge in [0.25, 0.3) is 0 Å². The lowest BCUT2D eigenvalue weighted by Crippen LogP contribution is -1.89. The Bertz CT molecular complexity index is 427. The SMILES string of the molecule is COc1ncnc2nc(SC)[nH]c12. The molecular weight excluding hydrogens is 188 g/mol. The van der Waals surface area contributed by atoms with Crippen LogP contribution in [0.25, 0.3) is 11.2 Å². The van der Waals surface area contributed by atoms with E-state index in [4.69, 9.17) is 4.74 Å². The molecule has 2 heterocycles. The topological polar surface area (TPSA) is 63.7 Å². The van der Waals surface area contributed by atoms with Crippen LogP contribution in [0.2, 0.25) is 0 Å². The molecule has 0 amide bonds. The number of ether oxygens (including phenoxy) is 1. The summed E-state index contributed by atoms with van der Waals surface area (Å²) in [5, 5.41) is 0.814. The molecule has 0 fully saturated rings. The highest BCUT2D eigenvalue weighted by Gasteiger charge is 2.08. The number of nitrogens with zero attached hydrogens (tertiary/aromatic N) is 3. The molecule has 0 saturated carbocycles. The molecule has 0 radical (unpaired) electrons. The van der Waals surface area contributed by atoms with Crippen molar-refractivity contribution in [2.75, 3.05) is 13.4 Å². The highest BCUT2D eigenvalue weighted by atomic mass is 32.2. The molecule has 0 unspecified atom stereocenters. The van der Waals surface area contributed by atoms with Crippen molar-refractivity contribution >= 4 is 22.9 Å². The van der Waals surface area contributed by atoms with Gasteiger partial charge in [-0.25, -0.2) is 9.97 Å². The van der Waals surface area contributed by atoms with Gasteiger partial charge >= 0.3 is 0 Å². The molecule has 6 heteroatoms. The number of aromatic nitrogens is 4. The lowest BCUT2D eigenvalue weighted by Gasteiger charge is -1.96. The summed E-state index contributed by atoms with van der Waals surface area (Å²) in [6.45, 7) is 0. The summed E-state index contributed by atoms with van der Waals surface area (Å²) in [5.41, 5.74) is 1.38. The lowest BCUT2D eigenvalue weighted by atomic mass is 10.5. The van der Waals surface area contributed by atoms with Gasteiger partial charge in [0, 0.05) is 0 Å². The smallest absolute Gasteiger partial charge is 0.243 e. The van der Waals surface area contributed by atoms with Crippen molar-refractivity contribution in [1.29, 1.82) is 0 Å². The standard InChI is InChI=1S/C7H8N4OS/c1-12-6-4-5(8-3-9-6)11-7(10-4)13-2/h3H,1-2H3,(H,8,9,10,11). The summed E-state index contributed by atoms with van der Waals surface area (Å²) >= 11 is 1.52. The van der Waals surface area contributed by atoms with E-state index in [0.29, 0.717) is 11.5 Å². The Morgan fingerprint density at radius 1 is 1.46 bits per heavy atom. The Labute approximate surface area is 78.9 Å². The van der Waals surface area contributed by atoms with Gasteiger partial charge in [0.15, 0.2) is 10.8 Å². The third kappa shape index (κ3) is 1.33. The van der Waals surface area contributed by atoms with Crippen molar-refractivity contribution in [3.63, 3.8) is 0 Å². The molecule has 68 valence electrons. The van der Waals surface area contributed by atoms with E-state index in [9.17, 15) is 0 Å². The average molecular weight is 196 g/mol. The molecule has 13 heavy (non-hydrogen) atoms. The third-order valence-corrected chi connectivity index (χ3v) is 2.20. The first-order chi connectivity index (χ1) is 6.35. The minimum atomic E-state index is 0.526. The zero-order valence-corrected chi connectivity index (χ0v) is 8.05. The molecule has 0 aliphatic heterocycles. The summed E-state index contributed by atoms with van der Waals surface area (Å²) in [5.74, 6) is 0.526. The maximum absolute atomic E-state index is 5.05. The van der Waals surface area contributed by atoms with Crippen molar-refractivity contribution in [1.82, 2.24) is 19.9 Å². The van der Waals surface area contributed by atoms with Crippen molar-refractivity contribution in [2.24, 2.45) is 0 Å². The first-order valence-corrected chi connectivity index (χ1v) is 4.86. The van der Waals surface area contributed by atoms with E-state index in [1.165, 1.54) is 18.1 Å². The van der Waals surface area contributed by atoms with Gasteiger partial charge in [0.05, 0.1) is 7.11 Å². The lowest BCUT2D eigenvalue weighted by molar-refractivity contribution is 0.401. The van der Waals surface area contributed by atoms with Crippen LogP contribution in [0, 0.1) is 0 Å². The van der Waals surface area contributed by atoms with Crippen LogP contribution >= 0.6 is 11.8 Å². The number of nitrogens with one attached hydrogen (secondary N) is 1. The molecule has 0 aliphatic rings. The largest absolute Gasteiger partial charge is 0.479 e. The highest BCUT2D eigenvalue weighted by molar-refractivity contribution is 7.98. The first kappa shape index (κ1) is 8.31. The second kappa shape index (κ2) is 3.21. The van der Waals surface area contributed by atoms with E-state index in [-0.39, 0.29) is 0 Å².